The third-order valence-corrected chi connectivity index (χ3v) is 3.69. The molecule has 0 aromatic heterocycles. The molecule has 0 aliphatic carbocycles. The highest BCUT2D eigenvalue weighted by atomic mass is 35.5. The molecule has 0 atom stereocenters. The van der Waals surface area contributed by atoms with Crippen molar-refractivity contribution in [3.8, 4) is 5.75 Å². The number of anilines is 1. The van der Waals surface area contributed by atoms with E-state index >= 15 is 0 Å². The molecular formula is C14H9Cl2NOS. The Kier molecular flexibility index (Phi) is 3.35. The molecule has 0 radical (unpaired) electrons. The zero-order chi connectivity index (χ0) is 13.4. The third kappa shape index (κ3) is 2.41. The Morgan fingerprint density at radius 3 is 2.58 bits per heavy atom. The number of hydrogen-bond donors (Lipinski definition) is 0. The summed E-state index contributed by atoms with van der Waals surface area (Å²) < 4.78 is 5.65. The van der Waals surface area contributed by atoms with Gasteiger partial charge in [0.25, 0.3) is 5.17 Å². The van der Waals surface area contributed by atoms with E-state index < -0.39 is 0 Å². The van der Waals surface area contributed by atoms with Crippen LogP contribution in [-0.2, 0) is 6.54 Å². The van der Waals surface area contributed by atoms with Crippen molar-refractivity contribution < 1.29 is 4.74 Å². The van der Waals surface area contributed by atoms with Crippen LogP contribution in [0.5, 0.6) is 5.75 Å². The van der Waals surface area contributed by atoms with Crippen molar-refractivity contribution in [2.24, 2.45) is 0 Å². The van der Waals surface area contributed by atoms with Crippen molar-refractivity contribution in [2.75, 3.05) is 4.90 Å². The Bertz CT molecular complexity index is 645. The van der Waals surface area contributed by atoms with Crippen molar-refractivity contribution in [1.82, 2.24) is 0 Å². The number of fused-ring (bicyclic) bond motifs is 1. The fourth-order valence-electron chi connectivity index (χ4n) is 2.03. The molecule has 0 saturated heterocycles. The highest BCUT2D eigenvalue weighted by Crippen LogP contribution is 2.37. The van der Waals surface area contributed by atoms with Gasteiger partial charge in [0.1, 0.15) is 0 Å². The Morgan fingerprint density at radius 1 is 1.11 bits per heavy atom. The first-order valence-electron chi connectivity index (χ1n) is 5.67. The van der Waals surface area contributed by atoms with E-state index in [-0.39, 0.29) is 0 Å². The van der Waals surface area contributed by atoms with E-state index in [0.29, 0.717) is 27.5 Å². The number of nitrogens with zero attached hydrogens (tertiary/aromatic N) is 1. The van der Waals surface area contributed by atoms with Gasteiger partial charge in [0.15, 0.2) is 5.75 Å². The number of rotatable bonds is 1. The van der Waals surface area contributed by atoms with Crippen LogP contribution in [0, 0.1) is 0 Å². The summed E-state index contributed by atoms with van der Waals surface area (Å²) in [5, 5.41) is 1.47. The lowest BCUT2D eigenvalue weighted by Gasteiger charge is -2.31. The molecule has 0 N–H and O–H groups in total. The molecule has 2 aromatic carbocycles. The molecule has 0 bridgehead atoms. The number of para-hydroxylation sites is 1. The lowest BCUT2D eigenvalue weighted by molar-refractivity contribution is 0.518. The maximum absolute atomic E-state index is 6.12. The maximum atomic E-state index is 6.12. The average molecular weight is 310 g/mol. The zero-order valence-corrected chi connectivity index (χ0v) is 12.1. The number of hydrogen-bond acceptors (Lipinski definition) is 2. The topological polar surface area (TPSA) is 12.5 Å². The van der Waals surface area contributed by atoms with Gasteiger partial charge in [0.05, 0.1) is 11.6 Å². The molecule has 1 heterocycles. The normalized spacial score (nSPS) is 14.0. The van der Waals surface area contributed by atoms with Gasteiger partial charge in [-0.05, 0) is 36.5 Å². The first-order chi connectivity index (χ1) is 9.15. The minimum atomic E-state index is 0.392. The van der Waals surface area contributed by atoms with Crippen molar-refractivity contribution in [3.05, 3.63) is 58.1 Å². The molecule has 0 spiro atoms. The van der Waals surface area contributed by atoms with Crippen LogP contribution in [0.1, 0.15) is 5.56 Å². The predicted molar refractivity (Wildman–Crippen MR) is 82.3 cm³/mol. The molecule has 0 saturated carbocycles. The van der Waals surface area contributed by atoms with Crippen LogP contribution < -0.4 is 9.64 Å². The summed E-state index contributed by atoms with van der Waals surface area (Å²) in [5.41, 5.74) is 1.91. The van der Waals surface area contributed by atoms with Gasteiger partial charge < -0.3 is 4.74 Å². The predicted octanol–water partition coefficient (Wildman–Crippen LogP) is 4.68. The molecule has 96 valence electrons. The van der Waals surface area contributed by atoms with E-state index in [0.717, 1.165) is 11.3 Å². The number of halogens is 2. The Labute approximate surface area is 126 Å². The molecule has 2 aromatic rings. The van der Waals surface area contributed by atoms with Crippen LogP contribution in [0.4, 0.5) is 5.69 Å². The molecule has 1 aliphatic heterocycles. The van der Waals surface area contributed by atoms with E-state index in [1.54, 1.807) is 6.07 Å². The Morgan fingerprint density at radius 2 is 1.84 bits per heavy atom. The summed E-state index contributed by atoms with van der Waals surface area (Å²) in [6.07, 6.45) is 0. The monoisotopic (exact) mass is 309 g/mol. The molecule has 0 unspecified atom stereocenters. The fraction of sp³-hybridized carbons (Fsp3) is 0.0714. The number of benzene rings is 2. The number of thiocarbonyl (C=S) groups is 1. The van der Waals surface area contributed by atoms with Gasteiger partial charge in [-0.15, -0.1) is 0 Å². The second kappa shape index (κ2) is 5.00. The van der Waals surface area contributed by atoms with Crippen LogP contribution in [0.25, 0.3) is 0 Å². The minimum Gasteiger partial charge on any atom is -0.430 e. The lowest BCUT2D eigenvalue weighted by Crippen LogP contribution is -2.36. The van der Waals surface area contributed by atoms with Crippen molar-refractivity contribution in [2.45, 2.75) is 6.54 Å². The van der Waals surface area contributed by atoms with E-state index in [1.165, 1.54) is 0 Å². The third-order valence-electron chi connectivity index (χ3n) is 2.89. The van der Waals surface area contributed by atoms with Gasteiger partial charge in [-0.3, -0.25) is 4.90 Å². The molecule has 0 amide bonds. The maximum Gasteiger partial charge on any atom is 0.269 e. The fourth-order valence-corrected chi connectivity index (χ4v) is 2.85. The molecule has 1 aliphatic rings. The van der Waals surface area contributed by atoms with Gasteiger partial charge in [0, 0.05) is 16.3 Å². The Balaban J connectivity index is 2.03. The van der Waals surface area contributed by atoms with Crippen LogP contribution in [0.3, 0.4) is 0 Å². The van der Waals surface area contributed by atoms with Crippen LogP contribution in [0.2, 0.25) is 10.0 Å². The van der Waals surface area contributed by atoms with E-state index in [4.69, 9.17) is 40.2 Å². The van der Waals surface area contributed by atoms with Gasteiger partial charge in [0.2, 0.25) is 0 Å². The van der Waals surface area contributed by atoms with E-state index in [2.05, 4.69) is 0 Å². The van der Waals surface area contributed by atoms with Gasteiger partial charge in [-0.1, -0.05) is 41.4 Å². The molecular weight excluding hydrogens is 301 g/mol. The summed E-state index contributed by atoms with van der Waals surface area (Å²) in [5.74, 6) is 0.600. The summed E-state index contributed by atoms with van der Waals surface area (Å²) in [7, 11) is 0. The second-order valence-electron chi connectivity index (χ2n) is 4.17. The zero-order valence-electron chi connectivity index (χ0n) is 9.77. The second-order valence-corrected chi connectivity index (χ2v) is 5.36. The highest BCUT2D eigenvalue weighted by Gasteiger charge is 2.25. The highest BCUT2D eigenvalue weighted by molar-refractivity contribution is 7.80. The molecule has 2 nitrogen and oxygen atoms in total. The smallest absolute Gasteiger partial charge is 0.269 e. The number of ether oxygens (including phenoxy) is 1. The van der Waals surface area contributed by atoms with Gasteiger partial charge in [-0.25, -0.2) is 0 Å². The first kappa shape index (κ1) is 12.7. The molecule has 19 heavy (non-hydrogen) atoms. The van der Waals surface area contributed by atoms with Crippen LogP contribution in [0.15, 0.2) is 42.5 Å². The first-order valence-corrected chi connectivity index (χ1v) is 6.84. The van der Waals surface area contributed by atoms with Crippen molar-refractivity contribution in [3.63, 3.8) is 0 Å². The lowest BCUT2D eigenvalue weighted by atomic mass is 10.1. The van der Waals surface area contributed by atoms with Crippen LogP contribution >= 0.6 is 35.4 Å². The molecule has 3 rings (SSSR count). The summed E-state index contributed by atoms with van der Waals surface area (Å²) in [6.45, 7) is 0.596. The summed E-state index contributed by atoms with van der Waals surface area (Å²) in [4.78, 5) is 1.91. The van der Waals surface area contributed by atoms with Gasteiger partial charge >= 0.3 is 0 Å². The largest absolute Gasteiger partial charge is 0.430 e. The Hall–Kier alpha value is -1.29. The average Bonchev–Trinajstić information content (AvgIpc) is 2.40. The SMILES string of the molecule is S=C1Oc2c(Cl)cc(Cl)cc2CN1c1ccccc1. The van der Waals surface area contributed by atoms with Crippen molar-refractivity contribution >= 4 is 46.3 Å². The van der Waals surface area contributed by atoms with Crippen molar-refractivity contribution in [1.29, 1.82) is 0 Å². The summed E-state index contributed by atoms with van der Waals surface area (Å²) >= 11 is 17.4. The standard InChI is InChI=1S/C14H9Cl2NOS/c15-10-6-9-8-17(11-4-2-1-3-5-11)14(19)18-13(9)12(16)7-10/h1-7H,8H2. The summed E-state index contributed by atoms with van der Waals surface area (Å²) in [6, 6.07) is 13.3. The van der Waals surface area contributed by atoms with Gasteiger partial charge in [-0.2, -0.15) is 0 Å². The van der Waals surface area contributed by atoms with Crippen LogP contribution in [-0.4, -0.2) is 5.17 Å². The quantitative estimate of drug-likeness (QED) is 0.710. The minimum absolute atomic E-state index is 0.392. The van der Waals surface area contributed by atoms with E-state index in [1.807, 2.05) is 41.3 Å². The molecule has 0 fully saturated rings. The van der Waals surface area contributed by atoms with E-state index in [9.17, 15) is 0 Å². The molecule has 5 heteroatoms.